The summed E-state index contributed by atoms with van der Waals surface area (Å²) in [5.74, 6) is 0.493. The van der Waals surface area contributed by atoms with Crippen LogP contribution >= 0.6 is 11.6 Å². The molecule has 0 atom stereocenters. The first-order valence-electron chi connectivity index (χ1n) is 11.1. The first kappa shape index (κ1) is 24.8. The highest BCUT2D eigenvalue weighted by molar-refractivity contribution is 6.30. The molecule has 0 unspecified atom stereocenters. The van der Waals surface area contributed by atoms with Gasteiger partial charge in [0.2, 0.25) is 0 Å². The van der Waals surface area contributed by atoms with Crippen LogP contribution in [0.3, 0.4) is 0 Å². The molecular weight excluding hydrogens is 480 g/mol. The van der Waals surface area contributed by atoms with Crippen molar-refractivity contribution in [1.82, 2.24) is 14.9 Å². The first-order valence-corrected chi connectivity index (χ1v) is 11.5. The number of benzene rings is 3. The summed E-state index contributed by atoms with van der Waals surface area (Å²) in [7, 11) is 3.06. The summed E-state index contributed by atoms with van der Waals surface area (Å²) in [6, 6.07) is 19.8. The molecule has 36 heavy (non-hydrogen) atoms. The number of hydrogen-bond acceptors (Lipinski definition) is 5. The van der Waals surface area contributed by atoms with Gasteiger partial charge in [0, 0.05) is 36.1 Å². The zero-order valence-electron chi connectivity index (χ0n) is 19.8. The van der Waals surface area contributed by atoms with Crippen LogP contribution in [0.2, 0.25) is 5.02 Å². The van der Waals surface area contributed by atoms with Gasteiger partial charge in [0.25, 0.3) is 11.8 Å². The molecule has 4 rings (SSSR count). The number of anilines is 1. The molecule has 0 saturated carbocycles. The van der Waals surface area contributed by atoms with Crippen LogP contribution in [0.15, 0.2) is 79.3 Å². The smallest absolute Gasteiger partial charge is 0.271 e. The molecule has 0 aliphatic heterocycles. The molecule has 0 saturated heterocycles. The predicted molar refractivity (Wildman–Crippen MR) is 138 cm³/mol. The maximum atomic E-state index is 12.7. The van der Waals surface area contributed by atoms with Crippen molar-refractivity contribution >= 4 is 29.1 Å². The maximum absolute atomic E-state index is 12.7. The Morgan fingerprint density at radius 1 is 0.917 bits per heavy atom. The molecule has 0 aliphatic carbocycles. The van der Waals surface area contributed by atoms with E-state index in [0.717, 1.165) is 11.1 Å². The number of nitrogens with one attached hydrogen (secondary N) is 2. The summed E-state index contributed by atoms with van der Waals surface area (Å²) >= 11 is 5.89. The third-order valence-corrected chi connectivity index (χ3v) is 5.71. The summed E-state index contributed by atoms with van der Waals surface area (Å²) in [5, 5.41) is 6.37. The molecule has 2 N–H and O–H groups in total. The number of aromatic nitrogens is 2. The maximum Gasteiger partial charge on any atom is 0.271 e. The predicted octanol–water partition coefficient (Wildman–Crippen LogP) is 4.78. The molecule has 1 heterocycles. The fourth-order valence-corrected chi connectivity index (χ4v) is 3.65. The average Bonchev–Trinajstić information content (AvgIpc) is 3.37. The van der Waals surface area contributed by atoms with Gasteiger partial charge in [-0.25, -0.2) is 4.98 Å². The number of amides is 2. The lowest BCUT2D eigenvalue weighted by molar-refractivity contribution is 0.0945. The molecule has 0 bridgehead atoms. The lowest BCUT2D eigenvalue weighted by Crippen LogP contribution is -2.23. The molecule has 0 fully saturated rings. The van der Waals surface area contributed by atoms with Crippen LogP contribution < -0.4 is 20.1 Å². The fourth-order valence-electron chi connectivity index (χ4n) is 3.53. The van der Waals surface area contributed by atoms with Gasteiger partial charge >= 0.3 is 0 Å². The number of ether oxygens (including phenoxy) is 2. The number of methoxy groups -OCH3 is 2. The summed E-state index contributed by atoms with van der Waals surface area (Å²) < 4.78 is 12.3. The molecule has 4 aromatic rings. The van der Waals surface area contributed by atoms with Gasteiger partial charge in [-0.05, 0) is 47.5 Å². The SMILES string of the molecule is COc1ccc(C(=O)Nc2ccc(Cn3cnc(C(=O)NCc4ccc(Cl)cc4)c3)cc2)c(OC)c1. The molecule has 184 valence electrons. The fraction of sp³-hybridized carbons (Fsp3) is 0.148. The highest BCUT2D eigenvalue weighted by Gasteiger charge is 2.14. The lowest BCUT2D eigenvalue weighted by Gasteiger charge is -2.11. The van der Waals surface area contributed by atoms with E-state index in [9.17, 15) is 9.59 Å². The van der Waals surface area contributed by atoms with Gasteiger partial charge in [-0.3, -0.25) is 9.59 Å². The van der Waals surface area contributed by atoms with E-state index in [1.165, 1.54) is 7.11 Å². The van der Waals surface area contributed by atoms with Crippen LogP contribution in [-0.2, 0) is 13.1 Å². The monoisotopic (exact) mass is 504 g/mol. The van der Waals surface area contributed by atoms with E-state index in [1.54, 1.807) is 50.0 Å². The second-order valence-corrected chi connectivity index (χ2v) is 8.39. The van der Waals surface area contributed by atoms with Crippen molar-refractivity contribution in [1.29, 1.82) is 0 Å². The normalized spacial score (nSPS) is 10.5. The minimum absolute atomic E-state index is 0.254. The second-order valence-electron chi connectivity index (χ2n) is 7.96. The number of rotatable bonds is 9. The van der Waals surface area contributed by atoms with E-state index < -0.39 is 0 Å². The Morgan fingerprint density at radius 3 is 2.33 bits per heavy atom. The zero-order valence-corrected chi connectivity index (χ0v) is 20.6. The molecule has 0 spiro atoms. The average molecular weight is 505 g/mol. The number of halogens is 1. The van der Waals surface area contributed by atoms with Crippen LogP contribution in [0.1, 0.15) is 32.0 Å². The van der Waals surface area contributed by atoms with Crippen LogP contribution in [0.5, 0.6) is 11.5 Å². The van der Waals surface area contributed by atoms with E-state index in [4.69, 9.17) is 21.1 Å². The Morgan fingerprint density at radius 2 is 1.64 bits per heavy atom. The van der Waals surface area contributed by atoms with E-state index in [2.05, 4.69) is 15.6 Å². The number of carbonyl (C=O) groups excluding carboxylic acids is 2. The van der Waals surface area contributed by atoms with Crippen molar-refractivity contribution in [2.45, 2.75) is 13.1 Å². The Balaban J connectivity index is 1.33. The van der Waals surface area contributed by atoms with E-state index in [-0.39, 0.29) is 11.8 Å². The molecule has 0 aliphatic rings. The highest BCUT2D eigenvalue weighted by atomic mass is 35.5. The second kappa shape index (κ2) is 11.4. The molecular formula is C27H25ClN4O4. The van der Waals surface area contributed by atoms with Gasteiger partial charge in [-0.2, -0.15) is 0 Å². The Kier molecular flexibility index (Phi) is 7.87. The summed E-state index contributed by atoms with van der Waals surface area (Å²) in [6.45, 7) is 0.913. The van der Waals surface area contributed by atoms with Crippen molar-refractivity contribution in [2.24, 2.45) is 0 Å². The lowest BCUT2D eigenvalue weighted by atomic mass is 10.1. The van der Waals surface area contributed by atoms with Crippen LogP contribution in [0.25, 0.3) is 0 Å². The number of imidazole rings is 1. The van der Waals surface area contributed by atoms with Gasteiger partial charge in [0.1, 0.15) is 17.2 Å². The Labute approximate surface area is 213 Å². The summed E-state index contributed by atoms with van der Waals surface area (Å²) in [6.07, 6.45) is 3.31. The molecule has 2 amide bonds. The van der Waals surface area contributed by atoms with Crippen molar-refractivity contribution in [2.75, 3.05) is 19.5 Å². The summed E-state index contributed by atoms with van der Waals surface area (Å²) in [4.78, 5) is 29.3. The molecule has 9 heteroatoms. The van der Waals surface area contributed by atoms with Crippen molar-refractivity contribution in [3.8, 4) is 11.5 Å². The number of carbonyl (C=O) groups is 2. The molecule has 1 aromatic heterocycles. The quantitative estimate of drug-likeness (QED) is 0.342. The molecule has 3 aromatic carbocycles. The summed E-state index contributed by atoms with van der Waals surface area (Å²) in [5.41, 5.74) is 3.32. The minimum atomic E-state index is -0.286. The molecule has 8 nitrogen and oxygen atoms in total. The topological polar surface area (TPSA) is 94.5 Å². The third kappa shape index (κ3) is 6.22. The first-order chi connectivity index (χ1) is 17.4. The largest absolute Gasteiger partial charge is 0.497 e. The standard InChI is InChI=1S/C27H25ClN4O4/c1-35-22-11-12-23(25(13-22)36-2)26(33)31-21-9-5-19(6-10-21)15-32-16-24(30-17-32)27(34)29-14-18-3-7-20(28)8-4-18/h3-13,16-17H,14-15H2,1-2H3,(H,29,34)(H,31,33). The van der Waals surface area contributed by atoms with Gasteiger partial charge in [0.15, 0.2) is 0 Å². The van der Waals surface area contributed by atoms with Crippen molar-refractivity contribution < 1.29 is 19.1 Å². The highest BCUT2D eigenvalue weighted by Crippen LogP contribution is 2.25. The minimum Gasteiger partial charge on any atom is -0.497 e. The zero-order chi connectivity index (χ0) is 25.5. The van der Waals surface area contributed by atoms with E-state index in [0.29, 0.717) is 46.6 Å². The third-order valence-electron chi connectivity index (χ3n) is 5.46. The Bertz CT molecular complexity index is 1350. The Hall–Kier alpha value is -4.30. The van der Waals surface area contributed by atoms with Crippen LogP contribution in [0.4, 0.5) is 5.69 Å². The van der Waals surface area contributed by atoms with Crippen molar-refractivity contribution in [3.63, 3.8) is 0 Å². The van der Waals surface area contributed by atoms with Gasteiger partial charge < -0.3 is 24.7 Å². The number of nitrogens with zero attached hydrogens (tertiary/aromatic N) is 2. The van der Waals surface area contributed by atoms with Crippen LogP contribution in [-0.4, -0.2) is 35.6 Å². The number of hydrogen-bond donors (Lipinski definition) is 2. The van der Waals surface area contributed by atoms with E-state index in [1.807, 2.05) is 41.0 Å². The van der Waals surface area contributed by atoms with Gasteiger partial charge in [-0.15, -0.1) is 0 Å². The van der Waals surface area contributed by atoms with Gasteiger partial charge in [-0.1, -0.05) is 35.9 Å². The molecule has 0 radical (unpaired) electrons. The van der Waals surface area contributed by atoms with Crippen molar-refractivity contribution in [3.05, 3.63) is 107 Å². The van der Waals surface area contributed by atoms with E-state index >= 15 is 0 Å². The van der Waals surface area contributed by atoms with Gasteiger partial charge in [0.05, 0.1) is 26.1 Å². The van der Waals surface area contributed by atoms with Crippen LogP contribution in [0, 0.1) is 0 Å².